The summed E-state index contributed by atoms with van der Waals surface area (Å²) in [6.45, 7) is 2.96. The zero-order chi connectivity index (χ0) is 11.1. The monoisotopic (exact) mass is 255 g/mol. The summed E-state index contributed by atoms with van der Waals surface area (Å²) in [4.78, 5) is 12.7. The Morgan fingerprint density at radius 3 is 3.06 bits per heavy atom. The minimum Gasteiger partial charge on any atom is -0.365 e. The first kappa shape index (κ1) is 12.1. The van der Waals surface area contributed by atoms with Crippen molar-refractivity contribution in [2.75, 3.05) is 24.5 Å². The van der Waals surface area contributed by atoms with Crippen LogP contribution in [0.1, 0.15) is 5.56 Å². The van der Waals surface area contributed by atoms with Gasteiger partial charge in [-0.05, 0) is 18.1 Å². The molecule has 0 bridgehead atoms. The highest BCUT2D eigenvalue weighted by atomic mass is 35.5. The number of benzene rings is 1. The third kappa shape index (κ3) is 1.96. The lowest BCUT2D eigenvalue weighted by Gasteiger charge is -2.32. The molecular formula is C11H14ClN3O2. The summed E-state index contributed by atoms with van der Waals surface area (Å²) in [6, 6.07) is 5.68. The van der Waals surface area contributed by atoms with Gasteiger partial charge in [-0.2, -0.15) is 0 Å². The molecule has 0 aromatic heterocycles. The van der Waals surface area contributed by atoms with Gasteiger partial charge in [0, 0.05) is 43.5 Å². The van der Waals surface area contributed by atoms with E-state index in [1.165, 1.54) is 5.69 Å². The fourth-order valence-electron chi connectivity index (χ4n) is 2.64. The van der Waals surface area contributed by atoms with Crippen LogP contribution in [0.4, 0.5) is 11.4 Å². The number of nitrogens with one attached hydrogen (secondary N) is 1. The summed E-state index contributed by atoms with van der Waals surface area (Å²) >= 11 is 0. The van der Waals surface area contributed by atoms with Crippen LogP contribution >= 0.6 is 12.4 Å². The van der Waals surface area contributed by atoms with Gasteiger partial charge in [-0.3, -0.25) is 10.1 Å². The SMILES string of the molecule is Cl.O=[N+]([O-])c1ccc2c(c1)CC1CNCCN21. The minimum atomic E-state index is -0.324. The van der Waals surface area contributed by atoms with Crippen LogP contribution in [0.15, 0.2) is 18.2 Å². The molecule has 1 aromatic carbocycles. The summed E-state index contributed by atoms with van der Waals surface area (Å²) in [6.07, 6.45) is 0.921. The van der Waals surface area contributed by atoms with Crippen LogP contribution in [0.3, 0.4) is 0 Å². The molecule has 1 unspecified atom stereocenters. The quantitative estimate of drug-likeness (QED) is 0.608. The van der Waals surface area contributed by atoms with E-state index in [-0.39, 0.29) is 23.0 Å². The molecular weight excluding hydrogens is 242 g/mol. The Morgan fingerprint density at radius 2 is 2.29 bits per heavy atom. The molecule has 1 fully saturated rings. The van der Waals surface area contributed by atoms with Gasteiger partial charge in [0.15, 0.2) is 0 Å². The van der Waals surface area contributed by atoms with E-state index in [0.717, 1.165) is 31.6 Å². The van der Waals surface area contributed by atoms with Crippen molar-refractivity contribution in [1.82, 2.24) is 5.32 Å². The van der Waals surface area contributed by atoms with Gasteiger partial charge in [0.1, 0.15) is 0 Å². The number of rotatable bonds is 1. The van der Waals surface area contributed by atoms with Crippen molar-refractivity contribution < 1.29 is 4.92 Å². The first-order valence-electron chi connectivity index (χ1n) is 5.50. The van der Waals surface area contributed by atoms with Crippen molar-refractivity contribution in [2.45, 2.75) is 12.5 Å². The second-order valence-corrected chi connectivity index (χ2v) is 4.33. The van der Waals surface area contributed by atoms with E-state index in [2.05, 4.69) is 10.2 Å². The second kappa shape index (κ2) is 4.50. The Hall–Kier alpha value is -1.33. The van der Waals surface area contributed by atoms with Gasteiger partial charge in [0.25, 0.3) is 5.69 Å². The highest BCUT2D eigenvalue weighted by Gasteiger charge is 2.31. The van der Waals surface area contributed by atoms with Gasteiger partial charge in [0.2, 0.25) is 0 Å². The first-order chi connectivity index (χ1) is 7.75. The van der Waals surface area contributed by atoms with E-state index in [4.69, 9.17) is 0 Å². The summed E-state index contributed by atoms with van der Waals surface area (Å²) in [7, 11) is 0. The number of anilines is 1. The van der Waals surface area contributed by atoms with Gasteiger partial charge in [-0.25, -0.2) is 0 Å². The molecule has 1 aromatic rings. The van der Waals surface area contributed by atoms with Crippen LogP contribution in [0.25, 0.3) is 0 Å². The van der Waals surface area contributed by atoms with E-state index in [1.807, 2.05) is 6.07 Å². The molecule has 2 aliphatic rings. The van der Waals surface area contributed by atoms with Gasteiger partial charge >= 0.3 is 0 Å². The lowest BCUT2D eigenvalue weighted by atomic mass is 10.1. The molecule has 1 N–H and O–H groups in total. The average molecular weight is 256 g/mol. The lowest BCUT2D eigenvalue weighted by Crippen LogP contribution is -2.49. The Labute approximate surface area is 105 Å². The molecule has 1 saturated heterocycles. The van der Waals surface area contributed by atoms with Crippen molar-refractivity contribution in [3.8, 4) is 0 Å². The zero-order valence-electron chi connectivity index (χ0n) is 9.26. The first-order valence-corrected chi connectivity index (χ1v) is 5.50. The Kier molecular flexibility index (Phi) is 3.22. The van der Waals surface area contributed by atoms with Crippen LogP contribution in [0.5, 0.6) is 0 Å². The summed E-state index contributed by atoms with van der Waals surface area (Å²) < 4.78 is 0. The maximum Gasteiger partial charge on any atom is 0.269 e. The second-order valence-electron chi connectivity index (χ2n) is 4.33. The predicted molar refractivity (Wildman–Crippen MR) is 68.1 cm³/mol. The normalized spacial score (nSPS) is 21.4. The number of hydrogen-bond acceptors (Lipinski definition) is 4. The number of hydrogen-bond donors (Lipinski definition) is 1. The zero-order valence-corrected chi connectivity index (χ0v) is 10.1. The fraction of sp³-hybridized carbons (Fsp3) is 0.455. The van der Waals surface area contributed by atoms with Crippen molar-refractivity contribution in [3.63, 3.8) is 0 Å². The maximum absolute atomic E-state index is 10.7. The molecule has 0 saturated carbocycles. The van der Waals surface area contributed by atoms with Crippen molar-refractivity contribution in [2.24, 2.45) is 0 Å². The Bertz CT molecular complexity index is 452. The van der Waals surface area contributed by atoms with Crippen molar-refractivity contribution >= 4 is 23.8 Å². The molecule has 17 heavy (non-hydrogen) atoms. The molecule has 0 aliphatic carbocycles. The Balaban J connectivity index is 0.00000108. The smallest absolute Gasteiger partial charge is 0.269 e. The summed E-state index contributed by atoms with van der Waals surface area (Å²) in [5, 5.41) is 14.0. The number of piperazine rings is 1. The molecule has 0 amide bonds. The van der Waals surface area contributed by atoms with Crippen LogP contribution in [0, 0.1) is 10.1 Å². The molecule has 0 radical (unpaired) electrons. The predicted octanol–water partition coefficient (Wildman–Crippen LogP) is 1.35. The third-order valence-electron chi connectivity index (χ3n) is 3.39. The van der Waals surface area contributed by atoms with Crippen LogP contribution in [-0.4, -0.2) is 30.6 Å². The number of fused-ring (bicyclic) bond motifs is 3. The van der Waals surface area contributed by atoms with E-state index < -0.39 is 0 Å². The van der Waals surface area contributed by atoms with Gasteiger partial charge < -0.3 is 10.2 Å². The van der Waals surface area contributed by atoms with Gasteiger partial charge in [-0.1, -0.05) is 0 Å². The summed E-state index contributed by atoms with van der Waals surface area (Å²) in [5.74, 6) is 0. The van der Waals surface area contributed by atoms with Gasteiger partial charge in [-0.15, -0.1) is 12.4 Å². The van der Waals surface area contributed by atoms with Crippen molar-refractivity contribution in [1.29, 1.82) is 0 Å². The number of nitrogens with zero attached hydrogens (tertiary/aromatic N) is 2. The van der Waals surface area contributed by atoms with E-state index in [9.17, 15) is 10.1 Å². The van der Waals surface area contributed by atoms with Crippen LogP contribution < -0.4 is 10.2 Å². The molecule has 2 aliphatic heterocycles. The van der Waals surface area contributed by atoms with Crippen molar-refractivity contribution in [3.05, 3.63) is 33.9 Å². The van der Waals surface area contributed by atoms with E-state index >= 15 is 0 Å². The number of nitro groups is 1. The van der Waals surface area contributed by atoms with Crippen LogP contribution in [-0.2, 0) is 6.42 Å². The molecule has 6 heteroatoms. The molecule has 0 spiro atoms. The molecule has 5 nitrogen and oxygen atoms in total. The highest BCUT2D eigenvalue weighted by Crippen LogP contribution is 2.34. The van der Waals surface area contributed by atoms with Crippen LogP contribution in [0.2, 0.25) is 0 Å². The molecule has 1 atom stereocenters. The standard InChI is InChI=1S/C11H13N3O2.ClH/c15-14(16)9-1-2-11-8(5-9)6-10-7-12-3-4-13(10)11;/h1-2,5,10,12H,3-4,6-7H2;1H. The van der Waals surface area contributed by atoms with E-state index in [0.29, 0.717) is 6.04 Å². The Morgan fingerprint density at radius 1 is 1.47 bits per heavy atom. The number of non-ortho nitro benzene ring substituents is 1. The maximum atomic E-state index is 10.7. The third-order valence-corrected chi connectivity index (χ3v) is 3.39. The summed E-state index contributed by atoms with van der Waals surface area (Å²) in [5.41, 5.74) is 2.49. The van der Waals surface area contributed by atoms with E-state index in [1.54, 1.807) is 12.1 Å². The lowest BCUT2D eigenvalue weighted by molar-refractivity contribution is -0.384. The number of nitro benzene ring substituents is 1. The molecule has 2 heterocycles. The molecule has 3 rings (SSSR count). The largest absolute Gasteiger partial charge is 0.365 e. The fourth-order valence-corrected chi connectivity index (χ4v) is 2.64. The average Bonchev–Trinajstić information content (AvgIpc) is 2.66. The minimum absolute atomic E-state index is 0. The highest BCUT2D eigenvalue weighted by molar-refractivity contribution is 5.85. The van der Waals surface area contributed by atoms with Gasteiger partial charge in [0.05, 0.1) is 4.92 Å². The number of halogens is 1. The topological polar surface area (TPSA) is 58.4 Å². The molecule has 92 valence electrons.